The number of nitriles is 1. The summed E-state index contributed by atoms with van der Waals surface area (Å²) in [6.45, 7) is -0.367. The van der Waals surface area contributed by atoms with Gasteiger partial charge < -0.3 is 20.1 Å². The third-order valence-corrected chi connectivity index (χ3v) is 5.43. The lowest BCUT2D eigenvalue weighted by atomic mass is 10.1. The lowest BCUT2D eigenvalue weighted by Gasteiger charge is -2.12. The highest BCUT2D eigenvalue weighted by atomic mass is 35.5. The van der Waals surface area contributed by atoms with E-state index in [1.165, 1.54) is 25.3 Å². The van der Waals surface area contributed by atoms with Crippen LogP contribution in [-0.4, -0.2) is 25.5 Å². The topological polar surface area (TPSA) is 100 Å². The van der Waals surface area contributed by atoms with Crippen LogP contribution in [0.3, 0.4) is 0 Å². The zero-order valence-corrected chi connectivity index (χ0v) is 20.5. The number of benzene rings is 3. The summed E-state index contributed by atoms with van der Waals surface area (Å²) >= 11 is 18.6. The molecule has 0 radical (unpaired) electrons. The molecule has 0 unspecified atom stereocenters. The molecule has 0 aliphatic heterocycles. The van der Waals surface area contributed by atoms with Gasteiger partial charge in [0.25, 0.3) is 11.8 Å². The Labute approximate surface area is 216 Å². The summed E-state index contributed by atoms with van der Waals surface area (Å²) in [6, 6.07) is 18.2. The van der Waals surface area contributed by atoms with Gasteiger partial charge in [-0.2, -0.15) is 5.26 Å². The molecule has 3 aromatic rings. The molecule has 0 atom stereocenters. The SMILES string of the molecule is COc1ccc(NC(=O)/C(C#N)=C\c2cc(Cl)c(OCC(=O)Nc3ccccc3Cl)c(Cl)c2)cc1. The number of nitrogens with zero attached hydrogens (tertiary/aromatic N) is 1. The smallest absolute Gasteiger partial charge is 0.266 e. The van der Waals surface area contributed by atoms with Crippen molar-refractivity contribution in [1.29, 1.82) is 5.26 Å². The minimum absolute atomic E-state index is 0.0842. The molecule has 3 rings (SSSR count). The molecule has 0 heterocycles. The fourth-order valence-corrected chi connectivity index (χ4v) is 3.67. The van der Waals surface area contributed by atoms with Crippen molar-refractivity contribution in [2.75, 3.05) is 24.4 Å². The van der Waals surface area contributed by atoms with E-state index < -0.39 is 11.8 Å². The fourth-order valence-electron chi connectivity index (χ4n) is 2.88. The first-order chi connectivity index (χ1) is 16.8. The number of anilines is 2. The maximum absolute atomic E-state index is 12.5. The molecular formula is C25H18Cl3N3O4. The van der Waals surface area contributed by atoms with E-state index in [2.05, 4.69) is 10.6 Å². The number of carbonyl (C=O) groups is 2. The third kappa shape index (κ3) is 7.14. The molecule has 2 amide bonds. The van der Waals surface area contributed by atoms with Crippen LogP contribution in [0.1, 0.15) is 5.56 Å². The van der Waals surface area contributed by atoms with Crippen molar-refractivity contribution in [1.82, 2.24) is 0 Å². The highest BCUT2D eigenvalue weighted by molar-refractivity contribution is 6.37. The standard InChI is InChI=1S/C25H18Cl3N3O4/c1-34-18-8-6-17(7-9-18)30-25(33)16(13-29)10-15-11-20(27)24(21(28)12-15)35-14-23(32)31-22-5-3-2-4-19(22)26/h2-12H,14H2,1H3,(H,30,33)(H,31,32)/b16-10-. The van der Waals surface area contributed by atoms with Gasteiger partial charge in [-0.05, 0) is 60.2 Å². The molecule has 3 aromatic carbocycles. The predicted molar refractivity (Wildman–Crippen MR) is 137 cm³/mol. The summed E-state index contributed by atoms with van der Waals surface area (Å²) in [5.41, 5.74) is 1.17. The Morgan fingerprint density at radius 1 is 0.971 bits per heavy atom. The van der Waals surface area contributed by atoms with Gasteiger partial charge in [0.2, 0.25) is 0 Å². The van der Waals surface area contributed by atoms with E-state index >= 15 is 0 Å². The average molecular weight is 531 g/mol. The maximum Gasteiger partial charge on any atom is 0.266 e. The van der Waals surface area contributed by atoms with Crippen LogP contribution >= 0.6 is 34.8 Å². The average Bonchev–Trinajstić information content (AvgIpc) is 2.84. The van der Waals surface area contributed by atoms with Gasteiger partial charge in [-0.3, -0.25) is 9.59 Å². The first-order valence-corrected chi connectivity index (χ1v) is 11.2. The van der Waals surface area contributed by atoms with Crippen LogP contribution in [0.15, 0.2) is 66.2 Å². The van der Waals surface area contributed by atoms with Gasteiger partial charge in [-0.25, -0.2) is 0 Å². The van der Waals surface area contributed by atoms with Crippen molar-refractivity contribution in [2.24, 2.45) is 0 Å². The Kier molecular flexibility index (Phi) is 8.98. The summed E-state index contributed by atoms with van der Waals surface area (Å²) in [4.78, 5) is 24.7. The second kappa shape index (κ2) is 12.1. The maximum atomic E-state index is 12.5. The molecule has 178 valence electrons. The van der Waals surface area contributed by atoms with Crippen LogP contribution < -0.4 is 20.1 Å². The number of methoxy groups -OCH3 is 1. The number of para-hydroxylation sites is 1. The quantitative estimate of drug-likeness (QED) is 0.266. The van der Waals surface area contributed by atoms with E-state index in [0.717, 1.165) is 0 Å². The number of carbonyl (C=O) groups excluding carboxylic acids is 2. The molecule has 35 heavy (non-hydrogen) atoms. The van der Waals surface area contributed by atoms with Gasteiger partial charge in [0.1, 0.15) is 17.4 Å². The minimum atomic E-state index is -0.610. The van der Waals surface area contributed by atoms with Crippen molar-refractivity contribution in [3.63, 3.8) is 0 Å². The summed E-state index contributed by atoms with van der Waals surface area (Å²) in [5, 5.41) is 15.3. The molecule has 0 fully saturated rings. The van der Waals surface area contributed by atoms with Crippen LogP contribution in [-0.2, 0) is 9.59 Å². The summed E-state index contributed by atoms with van der Waals surface area (Å²) in [5.74, 6) is -0.356. The lowest BCUT2D eigenvalue weighted by Crippen LogP contribution is -2.20. The first-order valence-electron chi connectivity index (χ1n) is 10.0. The second-order valence-electron chi connectivity index (χ2n) is 6.98. The molecule has 0 aromatic heterocycles. The van der Waals surface area contributed by atoms with Crippen molar-refractivity contribution < 1.29 is 19.1 Å². The first kappa shape index (κ1) is 25.9. The van der Waals surface area contributed by atoms with Crippen molar-refractivity contribution in [3.05, 3.63) is 86.9 Å². The van der Waals surface area contributed by atoms with Crippen molar-refractivity contribution >= 4 is 64.1 Å². The monoisotopic (exact) mass is 529 g/mol. The van der Waals surface area contributed by atoms with Gasteiger partial charge >= 0.3 is 0 Å². The van der Waals surface area contributed by atoms with Crippen LogP contribution in [0.2, 0.25) is 15.1 Å². The highest BCUT2D eigenvalue weighted by Crippen LogP contribution is 2.35. The van der Waals surface area contributed by atoms with Crippen LogP contribution in [0.25, 0.3) is 6.08 Å². The van der Waals surface area contributed by atoms with Gasteiger partial charge in [0.05, 0.1) is 27.9 Å². The van der Waals surface area contributed by atoms with Gasteiger partial charge in [-0.15, -0.1) is 0 Å². The van der Waals surface area contributed by atoms with E-state index in [0.29, 0.717) is 27.7 Å². The van der Waals surface area contributed by atoms with E-state index in [4.69, 9.17) is 44.3 Å². The Morgan fingerprint density at radius 2 is 1.63 bits per heavy atom. The zero-order valence-electron chi connectivity index (χ0n) is 18.3. The van der Waals surface area contributed by atoms with E-state index in [1.807, 2.05) is 6.07 Å². The Morgan fingerprint density at radius 3 is 2.23 bits per heavy atom. The third-order valence-electron chi connectivity index (χ3n) is 4.54. The van der Waals surface area contributed by atoms with Crippen LogP contribution in [0, 0.1) is 11.3 Å². The van der Waals surface area contributed by atoms with E-state index in [9.17, 15) is 14.9 Å². The highest BCUT2D eigenvalue weighted by Gasteiger charge is 2.15. The summed E-state index contributed by atoms with van der Waals surface area (Å²) in [7, 11) is 1.53. The normalized spacial score (nSPS) is 10.8. The molecule has 0 bridgehead atoms. The number of hydrogen-bond donors (Lipinski definition) is 2. The van der Waals surface area contributed by atoms with Crippen molar-refractivity contribution in [2.45, 2.75) is 0 Å². The number of nitrogens with one attached hydrogen (secondary N) is 2. The Bertz CT molecular complexity index is 1300. The molecule has 0 aliphatic carbocycles. The summed E-state index contributed by atoms with van der Waals surface area (Å²) < 4.78 is 10.6. The van der Waals surface area contributed by atoms with Gasteiger partial charge in [-0.1, -0.05) is 46.9 Å². The summed E-state index contributed by atoms with van der Waals surface area (Å²) in [6.07, 6.45) is 1.34. The number of ether oxygens (including phenoxy) is 2. The Hall–Kier alpha value is -3.70. The fraction of sp³-hybridized carbons (Fsp3) is 0.0800. The molecular weight excluding hydrogens is 513 g/mol. The molecule has 2 N–H and O–H groups in total. The Balaban J connectivity index is 1.69. The molecule has 10 heteroatoms. The van der Waals surface area contributed by atoms with E-state index in [-0.39, 0.29) is 28.0 Å². The number of halogens is 3. The number of rotatable bonds is 8. The second-order valence-corrected chi connectivity index (χ2v) is 8.20. The molecule has 0 saturated heterocycles. The minimum Gasteiger partial charge on any atom is -0.497 e. The van der Waals surface area contributed by atoms with Crippen LogP contribution in [0.5, 0.6) is 11.5 Å². The predicted octanol–water partition coefficient (Wildman–Crippen LogP) is 6.22. The lowest BCUT2D eigenvalue weighted by molar-refractivity contribution is -0.118. The molecule has 0 saturated carbocycles. The largest absolute Gasteiger partial charge is 0.497 e. The number of hydrogen-bond acceptors (Lipinski definition) is 5. The van der Waals surface area contributed by atoms with E-state index in [1.54, 1.807) is 48.5 Å². The van der Waals surface area contributed by atoms with Gasteiger partial charge in [0, 0.05) is 5.69 Å². The van der Waals surface area contributed by atoms with Gasteiger partial charge in [0.15, 0.2) is 12.4 Å². The van der Waals surface area contributed by atoms with Crippen LogP contribution in [0.4, 0.5) is 11.4 Å². The number of amides is 2. The zero-order chi connectivity index (χ0) is 25.4. The molecule has 0 spiro atoms. The molecule has 0 aliphatic rings. The van der Waals surface area contributed by atoms with Crippen molar-refractivity contribution in [3.8, 4) is 17.6 Å². The molecule has 7 nitrogen and oxygen atoms in total.